The quantitative estimate of drug-likeness (QED) is 0.746. The van der Waals surface area contributed by atoms with Crippen molar-refractivity contribution in [2.24, 2.45) is 0 Å². The summed E-state index contributed by atoms with van der Waals surface area (Å²) in [5, 5.41) is 0. The number of nitrogens with one attached hydrogen (secondary N) is 1. The molecule has 82 valence electrons. The molecule has 2 aromatic rings. The highest BCUT2D eigenvalue weighted by atomic mass is 16.5. The molecule has 0 fully saturated rings. The molecule has 0 aliphatic carbocycles. The second-order valence-corrected chi connectivity index (χ2v) is 3.34. The number of hydrogen-bond donors (Lipinski definition) is 2. The Kier molecular flexibility index (Phi) is 2.59. The van der Waals surface area contributed by atoms with Crippen molar-refractivity contribution in [3.8, 4) is 11.6 Å². The molecule has 5 nitrogen and oxygen atoms in total. The minimum Gasteiger partial charge on any atom is -0.439 e. The molecule has 0 amide bonds. The van der Waals surface area contributed by atoms with Crippen LogP contribution in [0.5, 0.6) is 11.6 Å². The van der Waals surface area contributed by atoms with Crippen molar-refractivity contribution < 1.29 is 4.74 Å². The van der Waals surface area contributed by atoms with Gasteiger partial charge in [0.25, 0.3) is 5.56 Å². The number of anilines is 1. The molecule has 0 bridgehead atoms. The second kappa shape index (κ2) is 4.06. The lowest BCUT2D eigenvalue weighted by molar-refractivity contribution is 0.459. The van der Waals surface area contributed by atoms with Crippen LogP contribution >= 0.6 is 0 Å². The number of aromatic nitrogens is 2. The van der Waals surface area contributed by atoms with Gasteiger partial charge in [-0.2, -0.15) is 0 Å². The monoisotopic (exact) mass is 217 g/mol. The van der Waals surface area contributed by atoms with E-state index in [1.165, 1.54) is 6.07 Å². The van der Waals surface area contributed by atoms with Gasteiger partial charge in [-0.3, -0.25) is 4.79 Å². The maximum atomic E-state index is 11.2. The van der Waals surface area contributed by atoms with Crippen molar-refractivity contribution in [1.29, 1.82) is 0 Å². The van der Waals surface area contributed by atoms with Gasteiger partial charge in [-0.15, -0.1) is 0 Å². The van der Waals surface area contributed by atoms with E-state index < -0.39 is 0 Å². The zero-order chi connectivity index (χ0) is 11.5. The molecule has 3 N–H and O–H groups in total. The first-order chi connectivity index (χ1) is 7.63. The molecule has 0 spiro atoms. The summed E-state index contributed by atoms with van der Waals surface area (Å²) in [6, 6.07) is 8.16. The molecule has 1 aromatic carbocycles. The fraction of sp³-hybridized carbons (Fsp3) is 0.0909. The van der Waals surface area contributed by atoms with Crippen LogP contribution in [0.25, 0.3) is 0 Å². The molecule has 0 saturated carbocycles. The summed E-state index contributed by atoms with van der Waals surface area (Å²) in [6.07, 6.45) is 0. The van der Waals surface area contributed by atoms with Crippen LogP contribution in [-0.4, -0.2) is 9.97 Å². The van der Waals surface area contributed by atoms with E-state index in [9.17, 15) is 4.79 Å². The number of rotatable bonds is 2. The van der Waals surface area contributed by atoms with Gasteiger partial charge < -0.3 is 15.5 Å². The Morgan fingerprint density at radius 1 is 1.31 bits per heavy atom. The van der Waals surface area contributed by atoms with Crippen LogP contribution in [0.15, 0.2) is 35.1 Å². The smallest absolute Gasteiger partial charge is 0.254 e. The van der Waals surface area contributed by atoms with Crippen LogP contribution in [0, 0.1) is 6.92 Å². The standard InChI is InChI=1S/C11H11N3O2/c1-7-13-10(15)6-11(14-7)16-9-4-2-8(12)3-5-9/h2-6H,12H2,1H3,(H,13,14,15). The topological polar surface area (TPSA) is 81.0 Å². The van der Waals surface area contributed by atoms with Gasteiger partial charge in [0, 0.05) is 5.69 Å². The maximum Gasteiger partial charge on any atom is 0.254 e. The number of ether oxygens (including phenoxy) is 1. The highest BCUT2D eigenvalue weighted by Crippen LogP contribution is 2.19. The molecular weight excluding hydrogens is 206 g/mol. The Morgan fingerprint density at radius 3 is 2.62 bits per heavy atom. The number of nitrogens with zero attached hydrogens (tertiary/aromatic N) is 1. The van der Waals surface area contributed by atoms with E-state index in [0.717, 1.165) is 0 Å². The summed E-state index contributed by atoms with van der Waals surface area (Å²) in [7, 11) is 0. The van der Waals surface area contributed by atoms with Crippen molar-refractivity contribution >= 4 is 5.69 Å². The highest BCUT2D eigenvalue weighted by molar-refractivity contribution is 5.42. The minimum atomic E-state index is -0.238. The Hall–Kier alpha value is -2.30. The Morgan fingerprint density at radius 2 is 2.00 bits per heavy atom. The van der Waals surface area contributed by atoms with Crippen molar-refractivity contribution in [3.63, 3.8) is 0 Å². The molecule has 1 aromatic heterocycles. The molecule has 0 aliphatic heterocycles. The van der Waals surface area contributed by atoms with Gasteiger partial charge in [-0.1, -0.05) is 0 Å². The van der Waals surface area contributed by atoms with E-state index >= 15 is 0 Å². The van der Waals surface area contributed by atoms with E-state index in [4.69, 9.17) is 10.5 Å². The largest absolute Gasteiger partial charge is 0.439 e. The number of hydrogen-bond acceptors (Lipinski definition) is 4. The van der Waals surface area contributed by atoms with Gasteiger partial charge in [0.1, 0.15) is 11.6 Å². The molecule has 5 heteroatoms. The molecule has 0 aliphatic rings. The van der Waals surface area contributed by atoms with E-state index in [0.29, 0.717) is 17.3 Å². The highest BCUT2D eigenvalue weighted by Gasteiger charge is 2.00. The summed E-state index contributed by atoms with van der Waals surface area (Å²) >= 11 is 0. The van der Waals surface area contributed by atoms with Crippen LogP contribution < -0.4 is 16.0 Å². The predicted molar refractivity (Wildman–Crippen MR) is 60.5 cm³/mol. The van der Waals surface area contributed by atoms with Crippen LogP contribution in [-0.2, 0) is 0 Å². The SMILES string of the molecule is Cc1nc(Oc2ccc(N)cc2)cc(=O)[nH]1. The number of H-pyrrole nitrogens is 1. The Labute approximate surface area is 91.9 Å². The van der Waals surface area contributed by atoms with Gasteiger partial charge in [0.2, 0.25) is 5.88 Å². The fourth-order valence-electron chi connectivity index (χ4n) is 1.26. The lowest BCUT2D eigenvalue weighted by Gasteiger charge is -2.04. The lowest BCUT2D eigenvalue weighted by Crippen LogP contribution is -2.08. The molecule has 0 atom stereocenters. The Bertz CT molecular complexity index is 546. The van der Waals surface area contributed by atoms with Gasteiger partial charge in [0.05, 0.1) is 6.07 Å². The van der Waals surface area contributed by atoms with E-state index in [1.807, 2.05) is 0 Å². The fourth-order valence-corrected chi connectivity index (χ4v) is 1.26. The van der Waals surface area contributed by atoms with Crippen molar-refractivity contribution in [2.45, 2.75) is 6.92 Å². The molecule has 1 heterocycles. The van der Waals surface area contributed by atoms with Crippen LogP contribution in [0.1, 0.15) is 5.82 Å². The summed E-state index contributed by atoms with van der Waals surface area (Å²) < 4.78 is 5.41. The third-order valence-electron chi connectivity index (χ3n) is 1.94. The first-order valence-corrected chi connectivity index (χ1v) is 4.75. The average molecular weight is 217 g/mol. The molecule has 2 rings (SSSR count). The minimum absolute atomic E-state index is 0.238. The first-order valence-electron chi connectivity index (χ1n) is 4.75. The third-order valence-corrected chi connectivity index (χ3v) is 1.94. The van der Waals surface area contributed by atoms with E-state index in [-0.39, 0.29) is 11.4 Å². The second-order valence-electron chi connectivity index (χ2n) is 3.34. The predicted octanol–water partition coefficient (Wildman–Crippen LogP) is 1.45. The zero-order valence-electron chi connectivity index (χ0n) is 8.73. The van der Waals surface area contributed by atoms with Crippen LogP contribution in [0.4, 0.5) is 5.69 Å². The lowest BCUT2D eigenvalue weighted by atomic mass is 10.3. The third kappa shape index (κ3) is 2.38. The summed E-state index contributed by atoms with van der Waals surface area (Å²) in [6.45, 7) is 1.69. The number of nitrogens with two attached hydrogens (primary N) is 1. The van der Waals surface area contributed by atoms with Crippen molar-refractivity contribution in [3.05, 3.63) is 46.5 Å². The van der Waals surface area contributed by atoms with Crippen molar-refractivity contribution in [2.75, 3.05) is 5.73 Å². The number of benzene rings is 1. The zero-order valence-corrected chi connectivity index (χ0v) is 8.73. The Balaban J connectivity index is 2.26. The van der Waals surface area contributed by atoms with E-state index in [2.05, 4.69) is 9.97 Å². The number of nitrogen functional groups attached to an aromatic ring is 1. The maximum absolute atomic E-state index is 11.2. The summed E-state index contributed by atoms with van der Waals surface area (Å²) in [5.74, 6) is 1.37. The van der Waals surface area contributed by atoms with Gasteiger partial charge in [0.15, 0.2) is 0 Å². The van der Waals surface area contributed by atoms with E-state index in [1.54, 1.807) is 31.2 Å². The molecule has 0 radical (unpaired) electrons. The molecule has 16 heavy (non-hydrogen) atoms. The molecule has 0 unspecified atom stereocenters. The number of aryl methyl sites for hydroxylation is 1. The van der Waals surface area contributed by atoms with Gasteiger partial charge in [-0.25, -0.2) is 4.98 Å². The average Bonchev–Trinajstić information content (AvgIpc) is 2.20. The van der Waals surface area contributed by atoms with Gasteiger partial charge >= 0.3 is 0 Å². The summed E-state index contributed by atoms with van der Waals surface area (Å²) in [4.78, 5) is 17.7. The van der Waals surface area contributed by atoms with Crippen LogP contribution in [0.2, 0.25) is 0 Å². The van der Waals surface area contributed by atoms with Crippen molar-refractivity contribution in [1.82, 2.24) is 9.97 Å². The first kappa shape index (κ1) is 10.2. The summed E-state index contributed by atoms with van der Waals surface area (Å²) in [5.41, 5.74) is 5.96. The van der Waals surface area contributed by atoms with Gasteiger partial charge in [-0.05, 0) is 31.2 Å². The normalized spacial score (nSPS) is 10.1. The molecular formula is C11H11N3O2. The van der Waals surface area contributed by atoms with Crippen LogP contribution in [0.3, 0.4) is 0 Å². The number of aromatic amines is 1. The molecule has 0 saturated heterocycles.